The van der Waals surface area contributed by atoms with Crippen molar-refractivity contribution in [2.45, 2.75) is 61.7 Å². The van der Waals surface area contributed by atoms with Crippen molar-refractivity contribution in [3.63, 3.8) is 0 Å². The molecule has 28 heteroatoms. The minimum Gasteiger partial charge on any atom is -0.234 e. The van der Waals surface area contributed by atoms with E-state index in [4.69, 9.17) is 82.5 Å². The van der Waals surface area contributed by atoms with Crippen LogP contribution in [-0.2, 0) is 0 Å². The number of aromatic nitrogens is 24. The fraction of sp³-hybridized carbons (Fsp3) is 0.172. The Labute approximate surface area is 481 Å². The van der Waals surface area contributed by atoms with E-state index in [-0.39, 0.29) is 0 Å². The molecule has 0 saturated carbocycles. The summed E-state index contributed by atoms with van der Waals surface area (Å²) in [5.41, 5.74) is 11.8. The van der Waals surface area contributed by atoms with Gasteiger partial charge in [-0.25, -0.2) is 57.1 Å². The lowest BCUT2D eigenvalue weighted by Crippen LogP contribution is -2.72. The van der Waals surface area contributed by atoms with Crippen LogP contribution in [0.3, 0.4) is 0 Å². The van der Waals surface area contributed by atoms with Gasteiger partial charge in [-0.1, -0.05) is 139 Å². The smallest absolute Gasteiger partial charge is 0.146 e. The van der Waals surface area contributed by atoms with E-state index in [2.05, 4.69) is 68.1 Å². The molecule has 16 aromatic rings. The maximum Gasteiger partial charge on any atom is 0.146 e. The molecule has 4 fully saturated rings. The highest BCUT2D eigenvalue weighted by atomic mass is 15.8. The summed E-state index contributed by atoms with van der Waals surface area (Å²) >= 11 is 0. The Bertz CT molecular complexity index is 4700. The first-order valence-electron chi connectivity index (χ1n) is 28.2. The summed E-state index contributed by atoms with van der Waals surface area (Å²) in [5.74, 6) is 0. The highest BCUT2D eigenvalue weighted by molar-refractivity contribution is 5.79. The lowest BCUT2D eigenvalue weighted by Gasteiger charge is -2.59. The van der Waals surface area contributed by atoms with Crippen molar-refractivity contribution in [1.82, 2.24) is 140 Å². The molecule has 8 aromatic carbocycles. The van der Waals surface area contributed by atoms with Gasteiger partial charge in [-0.15, -0.1) is 40.8 Å². The standard InChI is InChI=1S/C58H42N28/c1-9-25-41-33(17-1)59-67-79(41)51-52(80-42-26-10-2-18-34(42)60-68-80)76-49-50-77(56(84-46-30-14-6-22-38(46)64-72-84)55(75(49)51)83-45-29-13-5-21-37(45)63-71-83)53(81-43-27-11-3-19-35(43)61-69-81)54(82-44-28-12-4-20-36(44)62-70-82)78(50)58(86-48-32-16-8-24-40(48)66-74-86)57(76)85-47-31-15-7-23-39(47)65-73-85/h1-32,49-58H. The van der Waals surface area contributed by atoms with Crippen molar-refractivity contribution in [1.29, 1.82) is 0 Å². The summed E-state index contributed by atoms with van der Waals surface area (Å²) in [6.45, 7) is 0. The van der Waals surface area contributed by atoms with E-state index in [1.54, 1.807) is 0 Å². The van der Waals surface area contributed by atoms with Crippen LogP contribution >= 0.6 is 0 Å². The van der Waals surface area contributed by atoms with Gasteiger partial charge in [0, 0.05) is 0 Å². The average Bonchev–Trinajstić information content (AvgIpc) is 1.48. The van der Waals surface area contributed by atoms with Crippen LogP contribution in [0.4, 0.5) is 0 Å². The molecule has 0 bridgehead atoms. The summed E-state index contributed by atoms with van der Waals surface area (Å²) < 4.78 is 16.3. The maximum absolute atomic E-state index is 5.27. The third-order valence-electron chi connectivity index (χ3n) is 18.0. The maximum atomic E-state index is 5.27. The zero-order valence-electron chi connectivity index (χ0n) is 44.8. The third kappa shape index (κ3) is 6.06. The van der Waals surface area contributed by atoms with Gasteiger partial charge in [-0.3, -0.25) is 0 Å². The van der Waals surface area contributed by atoms with E-state index in [1.807, 2.05) is 183 Å². The summed E-state index contributed by atoms with van der Waals surface area (Å²) in [7, 11) is 0. The van der Waals surface area contributed by atoms with Gasteiger partial charge in [0.05, 0.1) is 56.5 Å². The molecule has 4 aliphatic heterocycles. The molecule has 12 heterocycles. The first kappa shape index (κ1) is 46.3. The molecular weight excluding hydrogens is 1090 g/mol. The monoisotopic (exact) mass is 1130 g/mol. The van der Waals surface area contributed by atoms with Crippen LogP contribution in [0.5, 0.6) is 0 Å². The molecule has 4 saturated heterocycles. The normalized spacial score (nSPS) is 24.6. The summed E-state index contributed by atoms with van der Waals surface area (Å²) in [6.07, 6.45) is -8.27. The largest absolute Gasteiger partial charge is 0.234 e. The number of rotatable bonds is 8. The fourth-order valence-electron chi connectivity index (χ4n) is 14.7. The highest BCUT2D eigenvalue weighted by Gasteiger charge is 2.75. The molecule has 86 heavy (non-hydrogen) atoms. The second kappa shape index (κ2) is 17.2. The van der Waals surface area contributed by atoms with Gasteiger partial charge in [0.1, 0.15) is 93.5 Å². The van der Waals surface area contributed by atoms with Crippen LogP contribution in [0.2, 0.25) is 0 Å². The number of hydrogen-bond donors (Lipinski definition) is 0. The molecule has 0 N–H and O–H groups in total. The minimum atomic E-state index is -0.869. The molecule has 414 valence electrons. The number of para-hydroxylation sites is 8. The first-order chi connectivity index (χ1) is 42.7. The number of nitrogens with zero attached hydrogens (tertiary/aromatic N) is 28. The Morgan fingerprint density at radius 3 is 0.430 bits per heavy atom. The zero-order valence-corrected chi connectivity index (χ0v) is 44.8. The fourth-order valence-corrected chi connectivity index (χ4v) is 14.7. The molecule has 4 aliphatic rings. The quantitative estimate of drug-likeness (QED) is 0.158. The molecule has 8 unspecified atom stereocenters. The molecule has 20 rings (SSSR count). The number of fused-ring (bicyclic) bond motifs is 8. The second-order valence-electron chi connectivity index (χ2n) is 22.1. The average molecular weight is 1130 g/mol. The van der Waals surface area contributed by atoms with Crippen LogP contribution in [0.1, 0.15) is 49.3 Å². The van der Waals surface area contributed by atoms with Gasteiger partial charge in [-0.2, -0.15) is 0 Å². The van der Waals surface area contributed by atoms with Crippen molar-refractivity contribution in [3.05, 3.63) is 194 Å². The lowest BCUT2D eigenvalue weighted by molar-refractivity contribution is -0.237. The summed E-state index contributed by atoms with van der Waals surface area (Å²) in [4.78, 5) is 10.1. The van der Waals surface area contributed by atoms with Gasteiger partial charge >= 0.3 is 0 Å². The predicted octanol–water partition coefficient (Wildman–Crippen LogP) is 6.45. The van der Waals surface area contributed by atoms with Crippen LogP contribution < -0.4 is 0 Å². The Kier molecular flexibility index (Phi) is 9.26. The van der Waals surface area contributed by atoms with Crippen molar-refractivity contribution in [2.75, 3.05) is 0 Å². The highest BCUT2D eigenvalue weighted by Crippen LogP contribution is 2.66. The zero-order chi connectivity index (χ0) is 55.9. The summed E-state index contributed by atoms with van der Waals surface area (Å²) in [5, 5.41) is 81.8. The Balaban J connectivity index is 1.01. The lowest BCUT2D eigenvalue weighted by atomic mass is 10.0. The molecule has 0 radical (unpaired) electrons. The Morgan fingerprint density at radius 1 is 0.163 bits per heavy atom. The van der Waals surface area contributed by atoms with E-state index >= 15 is 0 Å². The van der Waals surface area contributed by atoms with Crippen molar-refractivity contribution in [3.8, 4) is 0 Å². The molecule has 8 atom stereocenters. The van der Waals surface area contributed by atoms with Gasteiger partial charge in [0.2, 0.25) is 0 Å². The van der Waals surface area contributed by atoms with Crippen molar-refractivity contribution >= 4 is 88.3 Å². The topological polar surface area (TPSA) is 259 Å². The predicted molar refractivity (Wildman–Crippen MR) is 307 cm³/mol. The SMILES string of the molecule is c1ccc2c(c1)nnn2C1C(n2nnc3ccccc32)N2C3C4N(C(n5nnc6ccccc65)C(n5nnc6ccccc65)N4C(n4nnc5ccccc54)C2n2nnc4ccccc42)C(n2nnc4ccccc42)C(n2nnc4ccccc42)N31. The van der Waals surface area contributed by atoms with E-state index in [0.29, 0.717) is 44.1 Å². The molecule has 0 amide bonds. The first-order valence-corrected chi connectivity index (χ1v) is 28.2. The Morgan fingerprint density at radius 2 is 0.291 bits per heavy atom. The van der Waals surface area contributed by atoms with Crippen molar-refractivity contribution < 1.29 is 0 Å². The molecular formula is C58H42N28. The van der Waals surface area contributed by atoms with Gasteiger partial charge in [0.25, 0.3) is 0 Å². The second-order valence-corrected chi connectivity index (χ2v) is 22.1. The van der Waals surface area contributed by atoms with Gasteiger partial charge in [-0.05, 0) is 97.1 Å². The molecule has 0 spiro atoms. The third-order valence-corrected chi connectivity index (χ3v) is 18.0. The molecule has 8 aromatic heterocycles. The van der Waals surface area contributed by atoms with Crippen LogP contribution in [0.15, 0.2) is 194 Å². The van der Waals surface area contributed by atoms with E-state index in [9.17, 15) is 0 Å². The van der Waals surface area contributed by atoms with Crippen molar-refractivity contribution in [2.24, 2.45) is 0 Å². The van der Waals surface area contributed by atoms with Gasteiger partial charge in [0.15, 0.2) is 0 Å². The van der Waals surface area contributed by atoms with Crippen LogP contribution in [-0.4, -0.2) is 152 Å². The summed E-state index contributed by atoms with van der Waals surface area (Å²) in [6, 6.07) is 64.4. The molecule has 28 nitrogen and oxygen atoms in total. The minimum absolute atomic E-state index is 0.692. The van der Waals surface area contributed by atoms with E-state index in [0.717, 1.165) is 44.1 Å². The number of hydrogen-bond acceptors (Lipinski definition) is 20. The number of benzene rings is 8. The molecule has 0 aliphatic carbocycles. The van der Waals surface area contributed by atoms with E-state index in [1.165, 1.54) is 0 Å². The van der Waals surface area contributed by atoms with Gasteiger partial charge < -0.3 is 0 Å². The Hall–Kier alpha value is -11.2. The van der Waals surface area contributed by atoms with Crippen LogP contribution in [0.25, 0.3) is 88.3 Å². The van der Waals surface area contributed by atoms with E-state index < -0.39 is 61.7 Å². The number of piperazine rings is 2. The van der Waals surface area contributed by atoms with Crippen LogP contribution in [0, 0.1) is 0 Å².